The molecule has 0 aromatic heterocycles. The third-order valence-electron chi connectivity index (χ3n) is 8.02. The number of benzene rings is 4. The van der Waals surface area contributed by atoms with Gasteiger partial charge in [0.1, 0.15) is 11.3 Å². The van der Waals surface area contributed by atoms with Gasteiger partial charge in [-0.1, -0.05) is 96.1 Å². The lowest BCUT2D eigenvalue weighted by atomic mass is 9.86. The maximum absolute atomic E-state index is 14.7. The van der Waals surface area contributed by atoms with E-state index < -0.39 is 19.2 Å². The Balaban J connectivity index is 1.92. The van der Waals surface area contributed by atoms with Crippen molar-refractivity contribution in [2.24, 2.45) is 5.41 Å². The number of carbonyl (C=O) groups is 2. The molecular weight excluding hydrogens is 523 g/mol. The van der Waals surface area contributed by atoms with E-state index >= 15 is 0 Å². The Kier molecular flexibility index (Phi) is 7.66. The van der Waals surface area contributed by atoms with Crippen molar-refractivity contribution in [3.63, 3.8) is 0 Å². The molecule has 0 radical (unpaired) electrons. The normalized spacial score (nSPS) is 15.6. The van der Waals surface area contributed by atoms with Crippen LogP contribution in [0.1, 0.15) is 47.2 Å². The van der Waals surface area contributed by atoms with Gasteiger partial charge in [0.15, 0.2) is 0 Å². The highest BCUT2D eigenvalue weighted by Gasteiger charge is 2.56. The summed E-state index contributed by atoms with van der Waals surface area (Å²) in [6.07, 6.45) is 0. The molecule has 0 unspecified atom stereocenters. The van der Waals surface area contributed by atoms with Crippen LogP contribution in [0.15, 0.2) is 84.9 Å². The first kappa shape index (κ1) is 28.8. The Labute approximate surface area is 245 Å². The van der Waals surface area contributed by atoms with Gasteiger partial charge in [0.25, 0.3) is 0 Å². The zero-order valence-electron chi connectivity index (χ0n) is 25.3. The second kappa shape index (κ2) is 10.9. The first-order chi connectivity index (χ1) is 19.4. The van der Waals surface area contributed by atoms with Crippen molar-refractivity contribution in [3.8, 4) is 0 Å². The van der Waals surface area contributed by atoms with Crippen molar-refractivity contribution in [3.05, 3.63) is 118 Å². The van der Waals surface area contributed by atoms with Crippen LogP contribution in [0, 0.1) is 47.0 Å². The van der Waals surface area contributed by atoms with Gasteiger partial charge in [-0.15, -0.1) is 0 Å². The molecule has 4 aromatic carbocycles. The Hall–Kier alpha value is -3.75. The molecule has 5 heteroatoms. The molecule has 0 bridgehead atoms. The highest BCUT2D eigenvalue weighted by atomic mass is 31.1. The van der Waals surface area contributed by atoms with E-state index in [1.165, 1.54) is 0 Å². The first-order valence-electron chi connectivity index (χ1n) is 14.2. The van der Waals surface area contributed by atoms with Crippen molar-refractivity contribution < 1.29 is 9.59 Å². The van der Waals surface area contributed by atoms with E-state index in [9.17, 15) is 9.59 Å². The molecule has 1 aliphatic rings. The minimum absolute atomic E-state index is 0.166. The second-order valence-electron chi connectivity index (χ2n) is 11.9. The third-order valence-corrected chi connectivity index (χ3v) is 10.7. The minimum Gasteiger partial charge on any atom is -0.285 e. The lowest BCUT2D eigenvalue weighted by molar-refractivity contribution is -0.140. The number of hydrogen-bond donors (Lipinski definition) is 0. The van der Waals surface area contributed by atoms with Gasteiger partial charge in [0, 0.05) is 7.92 Å². The molecule has 4 aromatic rings. The predicted octanol–water partition coefficient (Wildman–Crippen LogP) is 7.36. The predicted molar refractivity (Wildman–Crippen MR) is 173 cm³/mol. The Bertz CT molecular complexity index is 1460. The topological polar surface area (TPSA) is 40.6 Å². The van der Waals surface area contributed by atoms with Gasteiger partial charge < -0.3 is 0 Å². The Morgan fingerprint density at radius 1 is 0.561 bits per heavy atom. The van der Waals surface area contributed by atoms with Gasteiger partial charge in [-0.05, 0) is 88.3 Å². The smallest absolute Gasteiger partial charge is 0.244 e. The average Bonchev–Trinajstić information content (AvgIpc) is 2.91. The molecule has 0 atom stereocenters. The number of amides is 2. The van der Waals surface area contributed by atoms with Gasteiger partial charge in [0.2, 0.25) is 11.8 Å². The fraction of sp³-hybridized carbons (Fsp3) is 0.278. The standard InChI is InChI=1S/C36H39N2O2P/c1-23-19-25(3)31(26(4)20-23)37-33(39)36(7,8)34(40)38(32-27(5)21-24(2)22-28(32)6)35(37)41(29-15-11-9-12-16-29)30-17-13-10-14-18-30/h9-22,35H,1-8H3. The molecule has 1 fully saturated rings. The Morgan fingerprint density at radius 3 is 1.20 bits per heavy atom. The number of anilines is 2. The summed E-state index contributed by atoms with van der Waals surface area (Å²) < 4.78 is 0. The van der Waals surface area contributed by atoms with Crippen LogP contribution in [0.2, 0.25) is 0 Å². The molecular formula is C36H39N2O2P. The summed E-state index contributed by atoms with van der Waals surface area (Å²) in [5.41, 5.74) is 6.93. The molecule has 2 amide bonds. The largest absolute Gasteiger partial charge is 0.285 e. The van der Waals surface area contributed by atoms with Crippen LogP contribution in [0.5, 0.6) is 0 Å². The van der Waals surface area contributed by atoms with E-state index in [4.69, 9.17) is 0 Å². The number of hydrogen-bond acceptors (Lipinski definition) is 2. The summed E-state index contributed by atoms with van der Waals surface area (Å²) in [7, 11) is -1.24. The lowest BCUT2D eigenvalue weighted by Gasteiger charge is -2.52. The van der Waals surface area contributed by atoms with Crippen LogP contribution in [0.3, 0.4) is 0 Å². The number of aryl methyl sites for hydroxylation is 6. The number of carbonyl (C=O) groups excluding carboxylic acids is 2. The quantitative estimate of drug-likeness (QED) is 0.188. The van der Waals surface area contributed by atoms with Crippen molar-refractivity contribution in [2.75, 3.05) is 9.80 Å². The van der Waals surface area contributed by atoms with Crippen LogP contribution >= 0.6 is 7.92 Å². The van der Waals surface area contributed by atoms with E-state index in [1.807, 2.05) is 46.2 Å². The molecule has 0 saturated carbocycles. The van der Waals surface area contributed by atoms with E-state index in [1.54, 1.807) is 13.8 Å². The maximum Gasteiger partial charge on any atom is 0.244 e. The van der Waals surface area contributed by atoms with Crippen LogP contribution in [0.4, 0.5) is 11.4 Å². The molecule has 210 valence electrons. The van der Waals surface area contributed by atoms with Crippen LogP contribution in [-0.4, -0.2) is 17.7 Å². The van der Waals surface area contributed by atoms with Crippen LogP contribution in [0.25, 0.3) is 0 Å². The Morgan fingerprint density at radius 2 is 0.878 bits per heavy atom. The second-order valence-corrected chi connectivity index (χ2v) is 14.1. The maximum atomic E-state index is 14.7. The van der Waals surface area contributed by atoms with Gasteiger partial charge in [0.05, 0.1) is 11.4 Å². The molecule has 0 N–H and O–H groups in total. The summed E-state index contributed by atoms with van der Waals surface area (Å²) in [6.45, 7) is 16.0. The molecule has 41 heavy (non-hydrogen) atoms. The van der Waals surface area contributed by atoms with Crippen molar-refractivity contribution in [1.82, 2.24) is 0 Å². The fourth-order valence-electron chi connectivity index (χ4n) is 6.38. The van der Waals surface area contributed by atoms with Crippen molar-refractivity contribution in [1.29, 1.82) is 0 Å². The fourth-order valence-corrected chi connectivity index (χ4v) is 9.10. The minimum atomic E-state index is -1.25. The number of nitrogens with zero attached hydrogens (tertiary/aromatic N) is 2. The zero-order chi connectivity index (χ0) is 29.6. The van der Waals surface area contributed by atoms with E-state index in [0.29, 0.717) is 0 Å². The van der Waals surface area contributed by atoms with E-state index in [0.717, 1.165) is 55.4 Å². The highest BCUT2D eigenvalue weighted by Crippen LogP contribution is 2.52. The van der Waals surface area contributed by atoms with Crippen LogP contribution in [-0.2, 0) is 9.59 Å². The molecule has 1 heterocycles. The highest BCUT2D eigenvalue weighted by molar-refractivity contribution is 7.74. The summed E-state index contributed by atoms with van der Waals surface area (Å²) in [4.78, 5) is 33.4. The van der Waals surface area contributed by atoms with Crippen LogP contribution < -0.4 is 20.4 Å². The molecule has 5 rings (SSSR count). The molecule has 0 spiro atoms. The van der Waals surface area contributed by atoms with E-state index in [-0.39, 0.29) is 11.8 Å². The van der Waals surface area contributed by atoms with Crippen molar-refractivity contribution in [2.45, 2.75) is 61.3 Å². The zero-order valence-corrected chi connectivity index (χ0v) is 26.2. The lowest BCUT2D eigenvalue weighted by Crippen LogP contribution is -2.67. The van der Waals surface area contributed by atoms with Gasteiger partial charge in [-0.2, -0.15) is 0 Å². The monoisotopic (exact) mass is 562 g/mol. The summed E-state index contributed by atoms with van der Waals surface area (Å²) in [5, 5.41) is 2.22. The van der Waals surface area contributed by atoms with Gasteiger partial charge in [-0.3, -0.25) is 19.4 Å². The summed E-state index contributed by atoms with van der Waals surface area (Å²) >= 11 is 0. The third kappa shape index (κ3) is 5.00. The molecule has 1 saturated heterocycles. The first-order valence-corrected chi connectivity index (χ1v) is 15.6. The number of rotatable bonds is 5. The molecule has 0 aliphatic carbocycles. The molecule has 4 nitrogen and oxygen atoms in total. The molecule has 1 aliphatic heterocycles. The SMILES string of the molecule is Cc1cc(C)c(N2C(=O)C(C)(C)C(=O)N(c3c(C)cc(C)cc3C)C2P(c2ccccc2)c2ccccc2)c(C)c1. The summed E-state index contributed by atoms with van der Waals surface area (Å²) in [6, 6.07) is 29.3. The summed E-state index contributed by atoms with van der Waals surface area (Å²) in [5.74, 6) is -0.899. The van der Waals surface area contributed by atoms with E-state index in [2.05, 4.69) is 90.1 Å². The van der Waals surface area contributed by atoms with Gasteiger partial charge in [-0.25, -0.2) is 0 Å². The average molecular weight is 563 g/mol. The van der Waals surface area contributed by atoms with Crippen molar-refractivity contribution >= 4 is 41.7 Å². The van der Waals surface area contributed by atoms with Gasteiger partial charge >= 0.3 is 0 Å².